The van der Waals surface area contributed by atoms with Crippen LogP contribution in [0, 0.1) is 6.92 Å². The normalized spacial score (nSPS) is 11.5. The number of fused-ring (bicyclic) bond motifs is 1. The predicted octanol–water partition coefficient (Wildman–Crippen LogP) is 2.90. The van der Waals surface area contributed by atoms with E-state index in [9.17, 15) is 0 Å². The van der Waals surface area contributed by atoms with Gasteiger partial charge in [0.1, 0.15) is 0 Å². The number of rotatable bonds is 3. The van der Waals surface area contributed by atoms with Crippen LogP contribution in [0.1, 0.15) is 11.1 Å². The van der Waals surface area contributed by atoms with Gasteiger partial charge in [-0.2, -0.15) is 0 Å². The Hall–Kier alpha value is -0.420. The number of hydrogen-bond acceptors (Lipinski definition) is 1. The van der Waals surface area contributed by atoms with Gasteiger partial charge in [-0.3, -0.25) is 4.44 Å². The molecular formula is C11H16N2P2. The molecule has 1 aromatic heterocycles. The zero-order valence-electron chi connectivity index (χ0n) is 8.83. The van der Waals surface area contributed by atoms with E-state index < -0.39 is 0 Å². The van der Waals surface area contributed by atoms with Crippen LogP contribution in [0.3, 0.4) is 0 Å². The molecule has 0 amide bonds. The monoisotopic (exact) mass is 238 g/mol. The van der Waals surface area contributed by atoms with Crippen LogP contribution in [0.4, 0.5) is 0 Å². The lowest BCUT2D eigenvalue weighted by Gasteiger charge is -2.08. The Morgan fingerprint density at radius 3 is 2.87 bits per heavy atom. The Morgan fingerprint density at radius 2 is 2.13 bits per heavy atom. The number of aromatic nitrogens is 1. The van der Waals surface area contributed by atoms with Crippen molar-refractivity contribution in [3.05, 3.63) is 35.5 Å². The van der Waals surface area contributed by atoms with Gasteiger partial charge in [-0.25, -0.2) is 0 Å². The maximum Gasteiger partial charge on any atom is 0.0459 e. The van der Waals surface area contributed by atoms with Crippen LogP contribution < -0.4 is 0 Å². The van der Waals surface area contributed by atoms with Gasteiger partial charge >= 0.3 is 0 Å². The van der Waals surface area contributed by atoms with Crippen molar-refractivity contribution < 1.29 is 0 Å². The lowest BCUT2D eigenvalue weighted by atomic mass is 10.1. The molecule has 2 nitrogen and oxygen atoms in total. The first-order valence-corrected chi connectivity index (χ1v) is 6.04. The van der Waals surface area contributed by atoms with Crippen LogP contribution in [-0.4, -0.2) is 16.0 Å². The average molecular weight is 238 g/mol. The summed E-state index contributed by atoms with van der Waals surface area (Å²) in [5.74, 6) is 0. The number of nitrogens with zero attached hydrogens (tertiary/aromatic N) is 1. The fourth-order valence-corrected chi connectivity index (χ4v) is 2.16. The molecular weight excluding hydrogens is 222 g/mol. The molecule has 0 aliphatic carbocycles. The summed E-state index contributed by atoms with van der Waals surface area (Å²) >= 11 is 0. The van der Waals surface area contributed by atoms with Crippen LogP contribution in [0.25, 0.3) is 10.9 Å². The van der Waals surface area contributed by atoms with Gasteiger partial charge in [0.25, 0.3) is 0 Å². The summed E-state index contributed by atoms with van der Waals surface area (Å²) in [5.41, 5.74) is 3.99. The van der Waals surface area contributed by atoms with Gasteiger partial charge in [-0.1, -0.05) is 30.9 Å². The van der Waals surface area contributed by atoms with Crippen LogP contribution in [0.2, 0.25) is 0 Å². The molecule has 2 aromatic rings. The highest BCUT2D eigenvalue weighted by molar-refractivity contribution is 7.30. The number of benzene rings is 1. The first-order chi connectivity index (χ1) is 7.18. The third-order valence-corrected chi connectivity index (χ3v) is 3.15. The second-order valence-electron chi connectivity index (χ2n) is 3.80. The van der Waals surface area contributed by atoms with E-state index in [0.717, 1.165) is 13.0 Å². The Kier molecular flexibility index (Phi) is 3.41. The predicted molar refractivity (Wildman–Crippen MR) is 72.9 cm³/mol. The molecule has 15 heavy (non-hydrogen) atoms. The summed E-state index contributed by atoms with van der Waals surface area (Å²) in [6, 6.07) is 6.39. The van der Waals surface area contributed by atoms with Gasteiger partial charge in [-0.05, 0) is 30.5 Å². The fraction of sp³-hybridized carbons (Fsp3) is 0.273. The Morgan fingerprint density at radius 1 is 1.33 bits per heavy atom. The first kappa shape index (κ1) is 11.1. The first-order valence-electron chi connectivity index (χ1n) is 5.01. The summed E-state index contributed by atoms with van der Waals surface area (Å²) in [6.45, 7) is 3.19. The molecule has 0 aliphatic rings. The quantitative estimate of drug-likeness (QED) is 0.814. The van der Waals surface area contributed by atoms with Crippen molar-refractivity contribution in [1.29, 1.82) is 0 Å². The molecule has 0 aliphatic heterocycles. The third-order valence-electron chi connectivity index (χ3n) is 2.64. The van der Waals surface area contributed by atoms with E-state index in [4.69, 9.17) is 0 Å². The summed E-state index contributed by atoms with van der Waals surface area (Å²) in [7, 11) is 5.32. The molecule has 0 radical (unpaired) electrons. The summed E-state index contributed by atoms with van der Waals surface area (Å²) in [4.78, 5) is 3.32. The Balaban J connectivity index is 2.35. The van der Waals surface area contributed by atoms with Crippen molar-refractivity contribution in [2.75, 3.05) is 6.54 Å². The van der Waals surface area contributed by atoms with Gasteiger partial charge < -0.3 is 4.98 Å². The van der Waals surface area contributed by atoms with Crippen molar-refractivity contribution in [3.63, 3.8) is 0 Å². The molecule has 2 rings (SSSR count). The number of hydrogen-bond donors (Lipinski definition) is 1. The number of nitrogens with one attached hydrogen (secondary N) is 1. The molecule has 0 fully saturated rings. The lowest BCUT2D eigenvalue weighted by molar-refractivity contribution is 0.728. The molecule has 0 saturated heterocycles. The molecule has 0 spiro atoms. The lowest BCUT2D eigenvalue weighted by Crippen LogP contribution is -2.01. The van der Waals surface area contributed by atoms with Gasteiger partial charge in [-0.15, -0.1) is 0 Å². The molecule has 2 unspecified atom stereocenters. The smallest absolute Gasteiger partial charge is 0.0459 e. The fourth-order valence-electron chi connectivity index (χ4n) is 1.90. The molecule has 1 N–H and O–H groups in total. The van der Waals surface area contributed by atoms with Crippen LogP contribution >= 0.6 is 18.8 Å². The van der Waals surface area contributed by atoms with Crippen molar-refractivity contribution in [1.82, 2.24) is 9.42 Å². The van der Waals surface area contributed by atoms with Crippen LogP contribution in [-0.2, 0) is 6.42 Å². The number of aromatic amines is 1. The van der Waals surface area contributed by atoms with E-state index in [1.807, 2.05) is 0 Å². The second kappa shape index (κ2) is 4.61. The maximum absolute atomic E-state index is 3.32. The largest absolute Gasteiger partial charge is 0.361 e. The van der Waals surface area contributed by atoms with Crippen molar-refractivity contribution >= 4 is 29.7 Å². The zero-order valence-corrected chi connectivity index (χ0v) is 11.1. The highest BCUT2D eigenvalue weighted by atomic mass is 31.1. The van der Waals surface area contributed by atoms with Crippen molar-refractivity contribution in [2.45, 2.75) is 13.3 Å². The summed E-state index contributed by atoms with van der Waals surface area (Å²) in [5, 5.41) is 1.38. The zero-order chi connectivity index (χ0) is 10.8. The van der Waals surface area contributed by atoms with E-state index in [1.165, 1.54) is 22.0 Å². The second-order valence-corrected chi connectivity index (χ2v) is 5.72. The highest BCUT2D eigenvalue weighted by Gasteiger charge is 2.05. The minimum Gasteiger partial charge on any atom is -0.361 e. The maximum atomic E-state index is 3.32. The SMILES string of the molecule is Cc1cccc2[nH]cc(CCN(P)P)c12. The van der Waals surface area contributed by atoms with Gasteiger partial charge in [0.05, 0.1) is 0 Å². The van der Waals surface area contributed by atoms with Gasteiger partial charge in [0.15, 0.2) is 0 Å². The van der Waals surface area contributed by atoms with Crippen molar-refractivity contribution in [3.8, 4) is 0 Å². The molecule has 1 aromatic carbocycles. The minimum absolute atomic E-state index is 1.02. The van der Waals surface area contributed by atoms with E-state index in [-0.39, 0.29) is 0 Å². The standard InChI is InChI=1S/C11H16N2P2/c1-8-3-2-4-10-11(8)9(7-12-10)5-6-13(14)15/h2-4,7,12H,5-6,14-15H2,1H3. The van der Waals surface area contributed by atoms with Gasteiger partial charge in [0.2, 0.25) is 0 Å². The molecule has 4 heteroatoms. The Bertz CT molecular complexity index is 463. The van der Waals surface area contributed by atoms with E-state index in [2.05, 4.69) is 59.5 Å². The highest BCUT2D eigenvalue weighted by Crippen LogP contribution is 2.23. The molecule has 2 atom stereocenters. The van der Waals surface area contributed by atoms with Crippen LogP contribution in [0.5, 0.6) is 0 Å². The average Bonchev–Trinajstić information content (AvgIpc) is 2.59. The topological polar surface area (TPSA) is 19.0 Å². The molecule has 0 saturated carbocycles. The molecule has 1 heterocycles. The van der Waals surface area contributed by atoms with E-state index >= 15 is 0 Å². The van der Waals surface area contributed by atoms with E-state index in [0.29, 0.717) is 0 Å². The van der Waals surface area contributed by atoms with Crippen LogP contribution in [0.15, 0.2) is 24.4 Å². The number of aryl methyl sites for hydroxylation is 1. The van der Waals surface area contributed by atoms with E-state index in [1.54, 1.807) is 0 Å². The Labute approximate surface area is 94.9 Å². The molecule has 80 valence electrons. The van der Waals surface area contributed by atoms with Gasteiger partial charge in [0, 0.05) is 23.6 Å². The minimum atomic E-state index is 1.02. The summed E-state index contributed by atoms with van der Waals surface area (Å²) in [6.07, 6.45) is 3.19. The number of H-pyrrole nitrogens is 1. The third kappa shape index (κ3) is 2.39. The summed E-state index contributed by atoms with van der Waals surface area (Å²) < 4.78 is 2.05. The van der Waals surface area contributed by atoms with Crippen molar-refractivity contribution in [2.24, 2.45) is 0 Å². The molecule has 0 bridgehead atoms.